The smallest absolute Gasteiger partial charge is 0.318 e. The number of thiazole rings is 1. The van der Waals surface area contributed by atoms with E-state index in [1.54, 1.807) is 0 Å². The van der Waals surface area contributed by atoms with Gasteiger partial charge in [0.05, 0.1) is 10.2 Å². The average molecular weight is 331 g/mol. The first-order valence-corrected chi connectivity index (χ1v) is 7.53. The van der Waals surface area contributed by atoms with E-state index in [4.69, 9.17) is 0 Å². The monoisotopic (exact) mass is 331 g/mol. The number of hydrogen-bond acceptors (Lipinski definition) is 5. The molecule has 1 aromatic carbocycles. The number of benzene rings is 1. The molecule has 9 heteroatoms. The first kappa shape index (κ1) is 15.0. The van der Waals surface area contributed by atoms with Crippen LogP contribution in [0.1, 0.15) is 0 Å². The summed E-state index contributed by atoms with van der Waals surface area (Å²) in [6.45, 7) is -0.228. The highest BCUT2D eigenvalue weighted by Crippen LogP contribution is 2.14. The second-order valence-corrected chi connectivity index (χ2v) is 5.81. The fourth-order valence-corrected chi connectivity index (χ4v) is 3.04. The molecular weight excluding hydrogens is 318 g/mol. The van der Waals surface area contributed by atoms with Crippen molar-refractivity contribution in [2.45, 2.75) is 6.54 Å². The van der Waals surface area contributed by atoms with Crippen molar-refractivity contribution in [3.05, 3.63) is 62.2 Å². The van der Waals surface area contributed by atoms with Crippen LogP contribution in [-0.2, 0) is 18.4 Å². The normalized spacial score (nSPS) is 11.8. The lowest BCUT2D eigenvalue weighted by atomic mass is 10.3. The van der Waals surface area contributed by atoms with E-state index in [2.05, 4.69) is 15.5 Å². The van der Waals surface area contributed by atoms with Gasteiger partial charge in [0.15, 0.2) is 0 Å². The second-order valence-electron chi connectivity index (χ2n) is 4.80. The van der Waals surface area contributed by atoms with Crippen LogP contribution >= 0.6 is 11.3 Å². The van der Waals surface area contributed by atoms with Gasteiger partial charge in [-0.15, -0.1) is 5.10 Å². The predicted octanol–water partition coefficient (Wildman–Crippen LogP) is -0.278. The molecule has 0 saturated carbocycles. The summed E-state index contributed by atoms with van der Waals surface area (Å²) in [5.74, 6) is -0.461. The first-order valence-electron chi connectivity index (χ1n) is 6.71. The number of para-hydroxylation sites is 1. The van der Waals surface area contributed by atoms with E-state index in [-0.39, 0.29) is 6.54 Å². The largest absolute Gasteiger partial charge is 0.328 e. The van der Waals surface area contributed by atoms with Crippen LogP contribution in [0.5, 0.6) is 0 Å². The minimum Gasteiger partial charge on any atom is -0.318 e. The number of aromatic amines is 1. The van der Waals surface area contributed by atoms with E-state index in [1.165, 1.54) is 23.6 Å². The van der Waals surface area contributed by atoms with Crippen molar-refractivity contribution in [1.29, 1.82) is 0 Å². The van der Waals surface area contributed by atoms with Crippen LogP contribution in [-0.4, -0.2) is 20.0 Å². The van der Waals surface area contributed by atoms with Crippen LogP contribution in [0.15, 0.2) is 51.2 Å². The zero-order valence-electron chi connectivity index (χ0n) is 12.1. The summed E-state index contributed by atoms with van der Waals surface area (Å²) >= 11 is 1.44. The maximum atomic E-state index is 11.9. The van der Waals surface area contributed by atoms with Crippen molar-refractivity contribution in [3.63, 3.8) is 0 Å². The second kappa shape index (κ2) is 6.05. The van der Waals surface area contributed by atoms with Gasteiger partial charge in [0.25, 0.3) is 11.5 Å². The Morgan fingerprint density at radius 2 is 2.09 bits per heavy atom. The number of aryl methyl sites for hydroxylation is 1. The topological polar surface area (TPSA) is 101 Å². The SMILES string of the molecule is Cn1/c(=N/NC(=O)Cn2ccc(=O)[nH]c2=O)sc2ccccc21. The lowest BCUT2D eigenvalue weighted by Gasteiger charge is -2.02. The van der Waals surface area contributed by atoms with Crippen LogP contribution in [0, 0.1) is 0 Å². The van der Waals surface area contributed by atoms with Crippen molar-refractivity contribution < 1.29 is 4.79 Å². The van der Waals surface area contributed by atoms with Crippen molar-refractivity contribution in [2.24, 2.45) is 12.1 Å². The van der Waals surface area contributed by atoms with Gasteiger partial charge in [-0.05, 0) is 12.1 Å². The van der Waals surface area contributed by atoms with Crippen molar-refractivity contribution in [3.8, 4) is 0 Å². The maximum Gasteiger partial charge on any atom is 0.328 e. The number of nitrogens with one attached hydrogen (secondary N) is 2. The standard InChI is InChI=1S/C14H13N5O3S/c1-18-9-4-2-3-5-10(9)23-14(18)17-16-12(21)8-19-7-6-11(20)15-13(19)22/h2-7H,8H2,1H3,(H,16,21)(H,15,20,22)/b17-14-. The lowest BCUT2D eigenvalue weighted by molar-refractivity contribution is -0.121. The minimum absolute atomic E-state index is 0.228. The van der Waals surface area contributed by atoms with E-state index < -0.39 is 17.2 Å². The fourth-order valence-electron chi connectivity index (χ4n) is 2.06. The predicted molar refractivity (Wildman–Crippen MR) is 85.8 cm³/mol. The van der Waals surface area contributed by atoms with Crippen LogP contribution in [0.2, 0.25) is 0 Å². The Morgan fingerprint density at radius 1 is 1.30 bits per heavy atom. The molecule has 8 nitrogen and oxygen atoms in total. The average Bonchev–Trinajstić information content (AvgIpc) is 2.85. The molecule has 2 aromatic heterocycles. The molecule has 1 amide bonds. The van der Waals surface area contributed by atoms with Gasteiger partial charge in [-0.3, -0.25) is 19.1 Å². The lowest BCUT2D eigenvalue weighted by Crippen LogP contribution is -2.34. The van der Waals surface area contributed by atoms with Crippen LogP contribution in [0.25, 0.3) is 10.2 Å². The molecule has 0 saturated heterocycles. The van der Waals surface area contributed by atoms with Crippen LogP contribution in [0.3, 0.4) is 0 Å². The quantitative estimate of drug-likeness (QED) is 0.646. The van der Waals surface area contributed by atoms with E-state index in [0.29, 0.717) is 4.80 Å². The van der Waals surface area contributed by atoms with Crippen molar-refractivity contribution in [2.75, 3.05) is 0 Å². The number of H-pyrrole nitrogens is 1. The number of carbonyl (C=O) groups is 1. The molecule has 118 valence electrons. The van der Waals surface area contributed by atoms with Gasteiger partial charge >= 0.3 is 5.69 Å². The van der Waals surface area contributed by atoms with Crippen molar-refractivity contribution >= 4 is 27.5 Å². The van der Waals surface area contributed by atoms with Gasteiger partial charge in [-0.1, -0.05) is 23.5 Å². The Bertz CT molecular complexity index is 1060. The van der Waals surface area contributed by atoms with Gasteiger partial charge in [-0.2, -0.15) is 0 Å². The number of nitrogens with zero attached hydrogens (tertiary/aromatic N) is 3. The molecule has 2 N–H and O–H groups in total. The summed E-state index contributed by atoms with van der Waals surface area (Å²) in [6, 6.07) is 8.98. The zero-order chi connectivity index (χ0) is 16.4. The fraction of sp³-hybridized carbons (Fsp3) is 0.143. The molecule has 0 bridgehead atoms. The summed E-state index contributed by atoms with van der Waals surface area (Å²) in [4.78, 5) is 37.1. The summed E-state index contributed by atoms with van der Waals surface area (Å²) in [7, 11) is 1.86. The van der Waals surface area contributed by atoms with Gasteiger partial charge < -0.3 is 4.57 Å². The molecule has 0 atom stereocenters. The number of fused-ring (bicyclic) bond motifs is 1. The number of carbonyl (C=O) groups excluding carboxylic acids is 1. The number of hydrogen-bond donors (Lipinski definition) is 2. The summed E-state index contributed by atoms with van der Waals surface area (Å²) in [6.07, 6.45) is 1.26. The zero-order valence-corrected chi connectivity index (χ0v) is 13.0. The first-order chi connectivity index (χ1) is 11.0. The molecule has 0 aliphatic carbocycles. The molecule has 0 fully saturated rings. The summed E-state index contributed by atoms with van der Waals surface area (Å²) < 4.78 is 4.02. The highest BCUT2D eigenvalue weighted by Gasteiger charge is 2.05. The number of aromatic nitrogens is 3. The van der Waals surface area contributed by atoms with Crippen LogP contribution < -0.4 is 21.5 Å². The third kappa shape index (κ3) is 3.14. The molecule has 0 spiro atoms. The van der Waals surface area contributed by atoms with E-state index in [1.807, 2.05) is 35.9 Å². The van der Waals surface area contributed by atoms with Gasteiger partial charge in [0.2, 0.25) is 4.80 Å². The summed E-state index contributed by atoms with van der Waals surface area (Å²) in [5.41, 5.74) is 2.29. The number of rotatable bonds is 3. The Morgan fingerprint density at radius 3 is 2.83 bits per heavy atom. The number of amides is 1. The molecular formula is C14H13N5O3S. The molecule has 0 unspecified atom stereocenters. The molecule has 0 aliphatic heterocycles. The minimum atomic E-state index is -0.639. The van der Waals surface area contributed by atoms with Crippen molar-refractivity contribution in [1.82, 2.24) is 19.5 Å². The Kier molecular flexibility index (Phi) is 3.94. The van der Waals surface area contributed by atoms with Gasteiger partial charge in [0, 0.05) is 19.3 Å². The summed E-state index contributed by atoms with van der Waals surface area (Å²) in [5, 5.41) is 4.08. The molecule has 23 heavy (non-hydrogen) atoms. The maximum absolute atomic E-state index is 11.9. The highest BCUT2D eigenvalue weighted by atomic mass is 32.1. The third-order valence-corrected chi connectivity index (χ3v) is 4.31. The van der Waals surface area contributed by atoms with E-state index >= 15 is 0 Å². The van der Waals surface area contributed by atoms with Crippen LogP contribution in [0.4, 0.5) is 0 Å². The van der Waals surface area contributed by atoms with E-state index in [0.717, 1.165) is 14.8 Å². The Balaban J connectivity index is 1.81. The molecule has 3 aromatic rings. The van der Waals surface area contributed by atoms with Gasteiger partial charge in [0.1, 0.15) is 6.54 Å². The van der Waals surface area contributed by atoms with E-state index in [9.17, 15) is 14.4 Å². The van der Waals surface area contributed by atoms with Gasteiger partial charge in [-0.25, -0.2) is 10.2 Å². The molecule has 2 heterocycles. The molecule has 0 aliphatic rings. The Labute approximate surface area is 133 Å². The highest BCUT2D eigenvalue weighted by molar-refractivity contribution is 7.16. The molecule has 3 rings (SSSR count). The Hall–Kier alpha value is -2.94. The molecule has 0 radical (unpaired) electrons. The third-order valence-electron chi connectivity index (χ3n) is 3.20.